The molecule has 0 saturated heterocycles. The van der Waals surface area contributed by atoms with Crippen LogP contribution in [0.3, 0.4) is 0 Å². The summed E-state index contributed by atoms with van der Waals surface area (Å²) in [5, 5.41) is 0.672. The minimum absolute atomic E-state index is 0.00299. The predicted octanol–water partition coefficient (Wildman–Crippen LogP) is 2.80. The Kier molecular flexibility index (Phi) is 6.60. The molecule has 124 valence electrons. The van der Waals surface area contributed by atoms with Gasteiger partial charge in [-0.2, -0.15) is 0 Å². The highest BCUT2D eigenvalue weighted by Crippen LogP contribution is 2.19. The van der Waals surface area contributed by atoms with Gasteiger partial charge >= 0.3 is 0 Å². The van der Waals surface area contributed by atoms with Crippen LogP contribution in [0, 0.1) is 0 Å². The van der Waals surface area contributed by atoms with Crippen molar-refractivity contribution in [2.45, 2.75) is 6.61 Å². The van der Waals surface area contributed by atoms with Crippen molar-refractivity contribution in [3.8, 4) is 5.75 Å². The normalized spacial score (nSPS) is 10.4. The molecule has 0 aromatic heterocycles. The molecular formula is C17H16ClN3O2S. The number of thiocarbonyl (C=S) groups is 1. The van der Waals surface area contributed by atoms with Crippen LogP contribution in [0.5, 0.6) is 5.75 Å². The van der Waals surface area contributed by atoms with E-state index in [1.54, 1.807) is 6.08 Å². The third-order valence-corrected chi connectivity index (χ3v) is 3.44. The van der Waals surface area contributed by atoms with Gasteiger partial charge in [-0.15, -0.1) is 0 Å². The second-order valence-corrected chi connectivity index (χ2v) is 5.61. The number of carbonyl (C=O) groups excluding carboxylic acids is 1. The fourth-order valence-corrected chi connectivity index (χ4v) is 2.03. The van der Waals surface area contributed by atoms with Crippen molar-refractivity contribution >= 4 is 40.9 Å². The highest BCUT2D eigenvalue weighted by atomic mass is 35.5. The first-order valence-corrected chi connectivity index (χ1v) is 7.83. The molecule has 0 spiro atoms. The molecular weight excluding hydrogens is 346 g/mol. The number of carbonyl (C=O) groups is 1. The quantitative estimate of drug-likeness (QED) is 0.433. The van der Waals surface area contributed by atoms with E-state index in [4.69, 9.17) is 22.1 Å². The van der Waals surface area contributed by atoms with Gasteiger partial charge in [0.15, 0.2) is 5.11 Å². The van der Waals surface area contributed by atoms with E-state index in [0.29, 0.717) is 17.4 Å². The van der Waals surface area contributed by atoms with Crippen molar-refractivity contribution in [3.05, 3.63) is 70.8 Å². The highest BCUT2D eigenvalue weighted by molar-refractivity contribution is 7.80. The molecule has 0 saturated carbocycles. The lowest BCUT2D eigenvalue weighted by atomic mass is 10.2. The number of nitrogens with one attached hydrogen (secondary N) is 2. The van der Waals surface area contributed by atoms with Crippen molar-refractivity contribution in [1.82, 2.24) is 10.9 Å². The largest absolute Gasteiger partial charge is 0.489 e. The number of amides is 1. The van der Waals surface area contributed by atoms with E-state index >= 15 is 0 Å². The van der Waals surface area contributed by atoms with E-state index in [1.807, 2.05) is 48.5 Å². The number of hydrogen-bond donors (Lipinski definition) is 3. The number of rotatable bonds is 5. The molecule has 0 heterocycles. The Hall–Kier alpha value is -2.57. The molecule has 0 atom stereocenters. The first-order valence-electron chi connectivity index (χ1n) is 7.04. The van der Waals surface area contributed by atoms with Crippen LogP contribution in [0.15, 0.2) is 54.6 Å². The van der Waals surface area contributed by atoms with E-state index in [-0.39, 0.29) is 11.0 Å². The third kappa shape index (κ3) is 5.91. The van der Waals surface area contributed by atoms with Gasteiger partial charge in [-0.05, 0) is 42.1 Å². The molecule has 24 heavy (non-hydrogen) atoms. The zero-order valence-corrected chi connectivity index (χ0v) is 14.2. The van der Waals surface area contributed by atoms with Gasteiger partial charge in [0.2, 0.25) is 0 Å². The van der Waals surface area contributed by atoms with E-state index in [0.717, 1.165) is 11.1 Å². The van der Waals surface area contributed by atoms with Crippen molar-refractivity contribution in [2.24, 2.45) is 5.73 Å². The van der Waals surface area contributed by atoms with Crippen LogP contribution in [-0.2, 0) is 11.4 Å². The molecule has 5 nitrogen and oxygen atoms in total. The maximum atomic E-state index is 11.5. The van der Waals surface area contributed by atoms with E-state index < -0.39 is 0 Å². The van der Waals surface area contributed by atoms with Crippen molar-refractivity contribution in [3.63, 3.8) is 0 Å². The van der Waals surface area contributed by atoms with Crippen LogP contribution in [0.2, 0.25) is 5.02 Å². The first kappa shape index (κ1) is 17.8. The summed E-state index contributed by atoms with van der Waals surface area (Å²) in [6, 6.07) is 14.8. The maximum absolute atomic E-state index is 11.5. The molecule has 0 unspecified atom stereocenters. The molecule has 0 radical (unpaired) electrons. The van der Waals surface area contributed by atoms with Gasteiger partial charge in [-0.25, -0.2) is 0 Å². The molecule has 2 rings (SSSR count). The summed E-state index contributed by atoms with van der Waals surface area (Å²) in [7, 11) is 0. The number of hydrogen-bond acceptors (Lipinski definition) is 3. The second kappa shape index (κ2) is 8.90. The van der Waals surface area contributed by atoms with Crippen LogP contribution in [0.4, 0.5) is 0 Å². The van der Waals surface area contributed by atoms with Crippen LogP contribution in [0.1, 0.15) is 11.1 Å². The van der Waals surface area contributed by atoms with Crippen LogP contribution >= 0.6 is 23.8 Å². The standard InChI is InChI=1S/C17H16ClN3O2S/c18-15-4-2-1-3-13(15)11-23-14-8-5-12(6-9-14)7-10-16(22)20-21-17(19)24/h1-10H,11H2,(H,20,22)(H3,19,21,24)/b10-7+. The number of benzene rings is 2. The summed E-state index contributed by atoms with van der Waals surface area (Å²) in [5.41, 5.74) is 11.7. The number of nitrogens with two attached hydrogens (primary N) is 1. The highest BCUT2D eigenvalue weighted by Gasteiger charge is 2.00. The lowest BCUT2D eigenvalue weighted by molar-refractivity contribution is -0.116. The smallest absolute Gasteiger partial charge is 0.262 e. The predicted molar refractivity (Wildman–Crippen MR) is 99.3 cm³/mol. The summed E-state index contributed by atoms with van der Waals surface area (Å²) in [5.74, 6) is 0.355. The van der Waals surface area contributed by atoms with Gasteiger partial charge in [0.05, 0.1) is 0 Å². The van der Waals surface area contributed by atoms with Gasteiger partial charge in [0, 0.05) is 16.7 Å². The number of hydrazine groups is 1. The average Bonchev–Trinajstić information content (AvgIpc) is 2.58. The maximum Gasteiger partial charge on any atom is 0.262 e. The van der Waals surface area contributed by atoms with E-state index in [1.165, 1.54) is 6.08 Å². The SMILES string of the molecule is NC(=S)NNC(=O)/C=C/c1ccc(OCc2ccccc2Cl)cc1. The van der Waals surface area contributed by atoms with E-state index in [9.17, 15) is 4.79 Å². The third-order valence-electron chi connectivity index (χ3n) is 2.97. The van der Waals surface area contributed by atoms with Crippen molar-refractivity contribution in [1.29, 1.82) is 0 Å². The van der Waals surface area contributed by atoms with Crippen LogP contribution in [0.25, 0.3) is 6.08 Å². The molecule has 2 aromatic carbocycles. The Balaban J connectivity index is 1.87. The molecule has 0 aliphatic rings. The Morgan fingerprint density at radius 1 is 1.17 bits per heavy atom. The summed E-state index contributed by atoms with van der Waals surface area (Å²) < 4.78 is 5.69. The Labute approximate surface area is 150 Å². The van der Waals surface area contributed by atoms with Gasteiger partial charge < -0.3 is 10.5 Å². The Bertz CT molecular complexity index is 748. The zero-order chi connectivity index (χ0) is 17.4. The minimum Gasteiger partial charge on any atom is -0.489 e. The average molecular weight is 362 g/mol. The van der Waals surface area contributed by atoms with Gasteiger partial charge in [0.1, 0.15) is 12.4 Å². The minimum atomic E-state index is -0.359. The van der Waals surface area contributed by atoms with Crippen molar-refractivity contribution < 1.29 is 9.53 Å². The molecule has 4 N–H and O–H groups in total. The lowest BCUT2D eigenvalue weighted by Gasteiger charge is -2.08. The fourth-order valence-electron chi connectivity index (χ4n) is 1.79. The summed E-state index contributed by atoms with van der Waals surface area (Å²) in [4.78, 5) is 11.5. The molecule has 0 aliphatic carbocycles. The van der Waals surface area contributed by atoms with E-state index in [2.05, 4.69) is 23.1 Å². The molecule has 1 amide bonds. The number of halogens is 1. The van der Waals surface area contributed by atoms with Crippen LogP contribution in [-0.4, -0.2) is 11.0 Å². The lowest BCUT2D eigenvalue weighted by Crippen LogP contribution is -2.43. The number of ether oxygens (including phenoxy) is 1. The monoisotopic (exact) mass is 361 g/mol. The van der Waals surface area contributed by atoms with Gasteiger partial charge in [-0.3, -0.25) is 15.6 Å². The zero-order valence-electron chi connectivity index (χ0n) is 12.7. The topological polar surface area (TPSA) is 76.4 Å². The van der Waals surface area contributed by atoms with Crippen molar-refractivity contribution in [2.75, 3.05) is 0 Å². The summed E-state index contributed by atoms with van der Waals surface area (Å²) in [6.07, 6.45) is 3.03. The molecule has 0 bridgehead atoms. The fraction of sp³-hybridized carbons (Fsp3) is 0.0588. The Morgan fingerprint density at radius 2 is 1.88 bits per heavy atom. The summed E-state index contributed by atoms with van der Waals surface area (Å²) >= 11 is 10.7. The van der Waals surface area contributed by atoms with Crippen LogP contribution < -0.4 is 21.3 Å². The molecule has 7 heteroatoms. The Morgan fingerprint density at radius 3 is 2.54 bits per heavy atom. The molecule has 0 fully saturated rings. The summed E-state index contributed by atoms with van der Waals surface area (Å²) in [6.45, 7) is 0.391. The van der Waals surface area contributed by atoms with Gasteiger partial charge in [0.25, 0.3) is 5.91 Å². The molecule has 0 aliphatic heterocycles. The first-order chi connectivity index (χ1) is 11.5. The second-order valence-electron chi connectivity index (χ2n) is 4.76. The van der Waals surface area contributed by atoms with Gasteiger partial charge in [-0.1, -0.05) is 41.9 Å². The molecule has 2 aromatic rings.